The third-order valence-corrected chi connectivity index (χ3v) is 4.35. The third-order valence-electron chi connectivity index (χ3n) is 4.35. The summed E-state index contributed by atoms with van der Waals surface area (Å²) in [6, 6.07) is 0. The molecule has 2 aliphatic heterocycles. The normalized spacial score (nSPS) is 36.2. The standard InChI is InChI=1S/C14H26O4/c1-10(2)13(16-3)12(15)11-4-6-18-14(8-11)5-7-17-9-14/h10-13,15H,4-9H2,1-3H3. The van der Waals surface area contributed by atoms with E-state index in [9.17, 15) is 5.11 Å². The van der Waals surface area contributed by atoms with Gasteiger partial charge in [-0.2, -0.15) is 0 Å². The molecule has 4 heteroatoms. The zero-order chi connectivity index (χ0) is 13.2. The Kier molecular flexibility index (Phi) is 4.64. The van der Waals surface area contributed by atoms with Gasteiger partial charge >= 0.3 is 0 Å². The van der Waals surface area contributed by atoms with Crippen LogP contribution in [0.2, 0.25) is 0 Å². The van der Waals surface area contributed by atoms with Crippen molar-refractivity contribution in [1.82, 2.24) is 0 Å². The smallest absolute Gasteiger partial charge is 0.0940 e. The molecule has 1 spiro atoms. The van der Waals surface area contributed by atoms with Crippen LogP contribution in [0, 0.1) is 11.8 Å². The van der Waals surface area contributed by atoms with E-state index in [4.69, 9.17) is 14.2 Å². The van der Waals surface area contributed by atoms with Gasteiger partial charge in [-0.15, -0.1) is 0 Å². The molecule has 2 heterocycles. The van der Waals surface area contributed by atoms with Crippen LogP contribution in [0.1, 0.15) is 33.1 Å². The number of aliphatic hydroxyl groups is 1. The van der Waals surface area contributed by atoms with E-state index < -0.39 is 6.10 Å². The van der Waals surface area contributed by atoms with Gasteiger partial charge in [-0.1, -0.05) is 13.8 Å². The van der Waals surface area contributed by atoms with Gasteiger partial charge in [0, 0.05) is 26.7 Å². The summed E-state index contributed by atoms with van der Waals surface area (Å²) >= 11 is 0. The van der Waals surface area contributed by atoms with Crippen LogP contribution in [0.3, 0.4) is 0 Å². The first-order valence-electron chi connectivity index (χ1n) is 7.00. The summed E-state index contributed by atoms with van der Waals surface area (Å²) in [7, 11) is 1.68. The van der Waals surface area contributed by atoms with E-state index in [-0.39, 0.29) is 17.6 Å². The van der Waals surface area contributed by atoms with Crippen LogP contribution in [-0.2, 0) is 14.2 Å². The summed E-state index contributed by atoms with van der Waals surface area (Å²) in [5.41, 5.74) is -0.140. The van der Waals surface area contributed by atoms with E-state index in [1.54, 1.807) is 7.11 Å². The van der Waals surface area contributed by atoms with Crippen molar-refractivity contribution < 1.29 is 19.3 Å². The van der Waals surface area contributed by atoms with Crippen molar-refractivity contribution in [2.45, 2.75) is 50.9 Å². The number of hydrogen-bond acceptors (Lipinski definition) is 4. The van der Waals surface area contributed by atoms with E-state index in [1.807, 2.05) is 0 Å². The molecule has 4 unspecified atom stereocenters. The lowest BCUT2D eigenvalue weighted by atomic mass is 9.79. The summed E-state index contributed by atoms with van der Waals surface area (Å²) in [5, 5.41) is 10.5. The molecule has 2 rings (SSSR count). The van der Waals surface area contributed by atoms with Crippen LogP contribution in [0.5, 0.6) is 0 Å². The Hall–Kier alpha value is -0.160. The first kappa shape index (κ1) is 14.3. The second-order valence-corrected chi connectivity index (χ2v) is 6.02. The van der Waals surface area contributed by atoms with Crippen molar-refractivity contribution in [3.8, 4) is 0 Å². The minimum Gasteiger partial charge on any atom is -0.390 e. The summed E-state index contributed by atoms with van der Waals surface area (Å²) in [6.45, 7) is 6.35. The van der Waals surface area contributed by atoms with E-state index in [0.29, 0.717) is 12.5 Å². The molecule has 2 aliphatic rings. The molecule has 106 valence electrons. The maximum Gasteiger partial charge on any atom is 0.0940 e. The average molecular weight is 258 g/mol. The van der Waals surface area contributed by atoms with Crippen molar-refractivity contribution in [2.75, 3.05) is 26.9 Å². The topological polar surface area (TPSA) is 47.9 Å². The van der Waals surface area contributed by atoms with E-state index in [2.05, 4.69) is 13.8 Å². The Bertz CT molecular complexity index is 261. The highest BCUT2D eigenvalue weighted by atomic mass is 16.6. The predicted molar refractivity (Wildman–Crippen MR) is 68.5 cm³/mol. The molecule has 4 nitrogen and oxygen atoms in total. The zero-order valence-electron chi connectivity index (χ0n) is 11.7. The molecule has 0 amide bonds. The number of methoxy groups -OCH3 is 1. The Morgan fingerprint density at radius 1 is 1.33 bits per heavy atom. The lowest BCUT2D eigenvalue weighted by Crippen LogP contribution is -2.47. The maximum absolute atomic E-state index is 10.5. The maximum atomic E-state index is 10.5. The van der Waals surface area contributed by atoms with Crippen molar-refractivity contribution in [3.05, 3.63) is 0 Å². The van der Waals surface area contributed by atoms with Gasteiger partial charge in [-0.3, -0.25) is 0 Å². The fraction of sp³-hybridized carbons (Fsp3) is 1.00. The summed E-state index contributed by atoms with van der Waals surface area (Å²) in [4.78, 5) is 0. The largest absolute Gasteiger partial charge is 0.390 e. The van der Waals surface area contributed by atoms with Gasteiger partial charge in [-0.25, -0.2) is 0 Å². The quantitative estimate of drug-likeness (QED) is 0.832. The molecule has 0 bridgehead atoms. The molecule has 4 atom stereocenters. The Morgan fingerprint density at radius 3 is 2.67 bits per heavy atom. The van der Waals surface area contributed by atoms with Gasteiger partial charge in [0.05, 0.1) is 24.4 Å². The Balaban J connectivity index is 1.99. The molecular formula is C14H26O4. The molecule has 1 N–H and O–H groups in total. The highest BCUT2D eigenvalue weighted by Crippen LogP contribution is 2.38. The highest BCUT2D eigenvalue weighted by molar-refractivity contribution is 4.93. The van der Waals surface area contributed by atoms with Gasteiger partial charge in [0.25, 0.3) is 0 Å². The van der Waals surface area contributed by atoms with Crippen LogP contribution in [0.25, 0.3) is 0 Å². The highest BCUT2D eigenvalue weighted by Gasteiger charge is 2.44. The van der Waals surface area contributed by atoms with Crippen molar-refractivity contribution in [3.63, 3.8) is 0 Å². The van der Waals surface area contributed by atoms with Crippen LogP contribution < -0.4 is 0 Å². The van der Waals surface area contributed by atoms with E-state index in [1.165, 1.54) is 0 Å². The Labute approximate surface area is 110 Å². The van der Waals surface area contributed by atoms with Gasteiger partial charge < -0.3 is 19.3 Å². The number of hydrogen-bond donors (Lipinski definition) is 1. The van der Waals surface area contributed by atoms with Crippen molar-refractivity contribution in [2.24, 2.45) is 11.8 Å². The number of rotatable bonds is 4. The molecule has 0 saturated carbocycles. The molecule has 2 fully saturated rings. The second kappa shape index (κ2) is 5.87. The SMILES string of the molecule is COC(C(C)C)C(O)C1CCOC2(CCOC2)C1. The first-order valence-corrected chi connectivity index (χ1v) is 7.00. The van der Waals surface area contributed by atoms with E-state index in [0.717, 1.165) is 32.5 Å². The summed E-state index contributed by atoms with van der Waals surface area (Å²) < 4.78 is 16.8. The van der Waals surface area contributed by atoms with Crippen LogP contribution in [0.4, 0.5) is 0 Å². The Morgan fingerprint density at radius 2 is 2.11 bits per heavy atom. The van der Waals surface area contributed by atoms with Crippen LogP contribution in [-0.4, -0.2) is 49.8 Å². The first-order chi connectivity index (χ1) is 8.58. The molecule has 0 radical (unpaired) electrons. The second-order valence-electron chi connectivity index (χ2n) is 6.02. The average Bonchev–Trinajstić information content (AvgIpc) is 2.77. The summed E-state index contributed by atoms with van der Waals surface area (Å²) in [5.74, 6) is 0.580. The molecule has 0 aromatic heterocycles. The lowest BCUT2D eigenvalue weighted by Gasteiger charge is -2.41. The number of ether oxygens (including phenoxy) is 3. The molecule has 0 aromatic rings. The fourth-order valence-corrected chi connectivity index (χ4v) is 3.29. The number of aliphatic hydroxyl groups excluding tert-OH is 1. The van der Waals surface area contributed by atoms with Gasteiger partial charge in [0.1, 0.15) is 0 Å². The van der Waals surface area contributed by atoms with Crippen molar-refractivity contribution in [1.29, 1.82) is 0 Å². The molecule has 0 aromatic carbocycles. The molecule has 0 aliphatic carbocycles. The molecular weight excluding hydrogens is 232 g/mol. The fourth-order valence-electron chi connectivity index (χ4n) is 3.29. The van der Waals surface area contributed by atoms with Gasteiger partial charge in [0.2, 0.25) is 0 Å². The minimum atomic E-state index is -0.406. The van der Waals surface area contributed by atoms with Crippen molar-refractivity contribution >= 4 is 0 Å². The summed E-state index contributed by atoms with van der Waals surface area (Å²) in [6.07, 6.45) is 2.26. The third kappa shape index (κ3) is 2.87. The van der Waals surface area contributed by atoms with Crippen LogP contribution >= 0.6 is 0 Å². The van der Waals surface area contributed by atoms with Gasteiger partial charge in [-0.05, 0) is 24.7 Å². The van der Waals surface area contributed by atoms with E-state index >= 15 is 0 Å². The minimum absolute atomic E-state index is 0.0903. The van der Waals surface area contributed by atoms with Gasteiger partial charge in [0.15, 0.2) is 0 Å². The lowest BCUT2D eigenvalue weighted by molar-refractivity contribution is -0.140. The predicted octanol–water partition coefficient (Wildman–Crippen LogP) is 1.60. The van der Waals surface area contributed by atoms with Crippen LogP contribution in [0.15, 0.2) is 0 Å². The zero-order valence-corrected chi connectivity index (χ0v) is 11.7. The molecule has 2 saturated heterocycles. The monoisotopic (exact) mass is 258 g/mol. The molecule has 18 heavy (non-hydrogen) atoms.